The van der Waals surface area contributed by atoms with Gasteiger partial charge in [-0.1, -0.05) is 31.2 Å². The first-order valence-corrected chi connectivity index (χ1v) is 6.87. The fourth-order valence-electron chi connectivity index (χ4n) is 2.27. The highest BCUT2D eigenvalue weighted by molar-refractivity contribution is 5.26. The van der Waals surface area contributed by atoms with Crippen LogP contribution in [0.4, 0.5) is 0 Å². The van der Waals surface area contributed by atoms with Crippen LogP contribution in [0.3, 0.4) is 0 Å². The van der Waals surface area contributed by atoms with Crippen molar-refractivity contribution in [3.63, 3.8) is 0 Å². The maximum atomic E-state index is 6.25. The first-order valence-electron chi connectivity index (χ1n) is 6.87. The molecule has 0 saturated heterocycles. The molecule has 2 rings (SSSR count). The number of benzene rings is 1. The molecule has 0 spiro atoms. The van der Waals surface area contributed by atoms with Gasteiger partial charge in [-0.05, 0) is 30.9 Å². The third-order valence-corrected chi connectivity index (χ3v) is 3.32. The van der Waals surface area contributed by atoms with Crippen molar-refractivity contribution in [2.45, 2.75) is 45.7 Å². The summed E-state index contributed by atoms with van der Waals surface area (Å²) in [5.41, 5.74) is 8.87. The van der Waals surface area contributed by atoms with Gasteiger partial charge in [-0.2, -0.15) is 5.10 Å². The molecule has 4 nitrogen and oxygen atoms in total. The first-order chi connectivity index (χ1) is 9.20. The van der Waals surface area contributed by atoms with Crippen LogP contribution >= 0.6 is 0 Å². The normalized spacial score (nSPS) is 12.6. The van der Waals surface area contributed by atoms with Gasteiger partial charge in [-0.3, -0.25) is 4.68 Å². The van der Waals surface area contributed by atoms with Gasteiger partial charge < -0.3 is 5.73 Å². The Morgan fingerprint density at radius 3 is 2.79 bits per heavy atom. The molecule has 1 aromatic carbocycles. The second kappa shape index (κ2) is 6.48. The minimum Gasteiger partial charge on any atom is -0.327 e. The molecule has 102 valence electrons. The molecule has 0 radical (unpaired) electrons. The van der Waals surface area contributed by atoms with E-state index >= 15 is 0 Å². The smallest absolute Gasteiger partial charge is 0.138 e. The van der Waals surface area contributed by atoms with E-state index in [2.05, 4.69) is 48.2 Å². The van der Waals surface area contributed by atoms with E-state index in [1.165, 1.54) is 11.1 Å². The number of hydrogen-bond donors (Lipinski definition) is 1. The van der Waals surface area contributed by atoms with Gasteiger partial charge in [0.1, 0.15) is 12.2 Å². The second-order valence-electron chi connectivity index (χ2n) is 4.99. The first kappa shape index (κ1) is 13.7. The van der Waals surface area contributed by atoms with Gasteiger partial charge in [0.2, 0.25) is 0 Å². The molecule has 0 bridgehead atoms. The van der Waals surface area contributed by atoms with Crippen LogP contribution < -0.4 is 5.73 Å². The summed E-state index contributed by atoms with van der Waals surface area (Å²) in [5.74, 6) is 0.989. The highest BCUT2D eigenvalue weighted by Gasteiger charge is 2.11. The minimum atomic E-state index is 0.0842. The summed E-state index contributed by atoms with van der Waals surface area (Å²) >= 11 is 0. The Morgan fingerprint density at radius 1 is 1.26 bits per heavy atom. The molecule has 0 amide bonds. The van der Waals surface area contributed by atoms with Crippen molar-refractivity contribution in [1.82, 2.24) is 14.8 Å². The van der Waals surface area contributed by atoms with Crippen molar-refractivity contribution in [2.24, 2.45) is 5.73 Å². The lowest BCUT2D eigenvalue weighted by Crippen LogP contribution is -2.27. The molecule has 2 aromatic rings. The van der Waals surface area contributed by atoms with Crippen molar-refractivity contribution in [3.05, 3.63) is 47.5 Å². The molecule has 0 aliphatic rings. The molecule has 1 atom stereocenters. The summed E-state index contributed by atoms with van der Waals surface area (Å²) in [6.45, 7) is 5.17. The molecule has 0 saturated carbocycles. The molecule has 0 aliphatic carbocycles. The zero-order chi connectivity index (χ0) is 13.7. The summed E-state index contributed by atoms with van der Waals surface area (Å²) in [4.78, 5) is 4.31. The Balaban J connectivity index is 1.99. The minimum absolute atomic E-state index is 0.0842. The maximum absolute atomic E-state index is 6.25. The van der Waals surface area contributed by atoms with Crippen molar-refractivity contribution < 1.29 is 0 Å². The molecule has 1 unspecified atom stereocenters. The lowest BCUT2D eigenvalue weighted by atomic mass is 10.00. The van der Waals surface area contributed by atoms with Crippen molar-refractivity contribution in [1.29, 1.82) is 0 Å². The van der Waals surface area contributed by atoms with Crippen LogP contribution in [-0.4, -0.2) is 20.8 Å². The van der Waals surface area contributed by atoms with Crippen molar-refractivity contribution >= 4 is 0 Å². The predicted molar refractivity (Wildman–Crippen MR) is 76.9 cm³/mol. The number of aromatic nitrogens is 3. The van der Waals surface area contributed by atoms with Crippen LogP contribution in [-0.2, 0) is 19.4 Å². The SMILES string of the molecule is CCCn1ncnc1CC(N)Cc1ccccc1C. The molecule has 19 heavy (non-hydrogen) atoms. The highest BCUT2D eigenvalue weighted by atomic mass is 15.3. The monoisotopic (exact) mass is 258 g/mol. The third kappa shape index (κ3) is 3.64. The van der Waals surface area contributed by atoms with E-state index in [1.807, 2.05) is 4.68 Å². The van der Waals surface area contributed by atoms with Gasteiger partial charge in [0.05, 0.1) is 0 Å². The van der Waals surface area contributed by atoms with Crippen LogP contribution in [0.5, 0.6) is 0 Å². The van der Waals surface area contributed by atoms with E-state index in [1.54, 1.807) is 6.33 Å². The number of rotatable bonds is 6. The highest BCUT2D eigenvalue weighted by Crippen LogP contribution is 2.11. The van der Waals surface area contributed by atoms with Gasteiger partial charge in [0.25, 0.3) is 0 Å². The van der Waals surface area contributed by atoms with E-state index in [0.717, 1.165) is 31.6 Å². The number of aryl methyl sites for hydroxylation is 2. The van der Waals surface area contributed by atoms with Crippen molar-refractivity contribution in [2.75, 3.05) is 0 Å². The standard InChI is InChI=1S/C15H22N4/c1-3-8-19-15(17-11-18-19)10-14(16)9-13-7-5-4-6-12(13)2/h4-7,11,14H,3,8-10,16H2,1-2H3. The molecule has 4 heteroatoms. The summed E-state index contributed by atoms with van der Waals surface area (Å²) in [6, 6.07) is 8.48. The van der Waals surface area contributed by atoms with E-state index in [4.69, 9.17) is 5.73 Å². The lowest BCUT2D eigenvalue weighted by Gasteiger charge is -2.13. The largest absolute Gasteiger partial charge is 0.327 e. The average molecular weight is 258 g/mol. The molecule has 1 heterocycles. The lowest BCUT2D eigenvalue weighted by molar-refractivity contribution is 0.540. The van der Waals surface area contributed by atoms with E-state index in [0.29, 0.717) is 0 Å². The second-order valence-corrected chi connectivity index (χ2v) is 4.99. The van der Waals surface area contributed by atoms with Crippen LogP contribution in [0, 0.1) is 6.92 Å². The number of hydrogen-bond acceptors (Lipinski definition) is 3. The fraction of sp³-hybridized carbons (Fsp3) is 0.467. The maximum Gasteiger partial charge on any atom is 0.138 e. The Hall–Kier alpha value is -1.68. The molecule has 1 aromatic heterocycles. The summed E-state index contributed by atoms with van der Waals surface area (Å²) in [6.07, 6.45) is 4.33. The Labute approximate surface area is 114 Å². The van der Waals surface area contributed by atoms with Gasteiger partial charge in [-0.25, -0.2) is 4.98 Å². The van der Waals surface area contributed by atoms with E-state index in [-0.39, 0.29) is 6.04 Å². The van der Waals surface area contributed by atoms with Gasteiger partial charge in [0, 0.05) is 19.0 Å². The average Bonchev–Trinajstić information content (AvgIpc) is 2.80. The van der Waals surface area contributed by atoms with E-state index in [9.17, 15) is 0 Å². The molecule has 2 N–H and O–H groups in total. The predicted octanol–water partition coefficient (Wildman–Crippen LogP) is 2.11. The van der Waals surface area contributed by atoms with E-state index < -0.39 is 0 Å². The van der Waals surface area contributed by atoms with Gasteiger partial charge in [0.15, 0.2) is 0 Å². The number of nitrogens with two attached hydrogens (primary N) is 1. The number of nitrogens with zero attached hydrogens (tertiary/aromatic N) is 3. The Kier molecular flexibility index (Phi) is 4.68. The summed E-state index contributed by atoms with van der Waals surface area (Å²) in [5, 5.41) is 4.23. The summed E-state index contributed by atoms with van der Waals surface area (Å²) < 4.78 is 1.96. The summed E-state index contributed by atoms with van der Waals surface area (Å²) in [7, 11) is 0. The molecular weight excluding hydrogens is 236 g/mol. The van der Waals surface area contributed by atoms with Gasteiger partial charge >= 0.3 is 0 Å². The quantitative estimate of drug-likeness (QED) is 0.863. The third-order valence-electron chi connectivity index (χ3n) is 3.32. The molecule has 0 fully saturated rings. The Bertz CT molecular complexity index is 518. The molecule has 0 aliphatic heterocycles. The Morgan fingerprint density at radius 2 is 2.05 bits per heavy atom. The van der Waals surface area contributed by atoms with Crippen LogP contribution in [0.25, 0.3) is 0 Å². The topological polar surface area (TPSA) is 56.7 Å². The van der Waals surface area contributed by atoms with Gasteiger partial charge in [-0.15, -0.1) is 0 Å². The fourth-order valence-corrected chi connectivity index (χ4v) is 2.27. The molecular formula is C15H22N4. The van der Waals surface area contributed by atoms with Crippen LogP contribution in [0.2, 0.25) is 0 Å². The zero-order valence-corrected chi connectivity index (χ0v) is 11.7. The van der Waals surface area contributed by atoms with Crippen LogP contribution in [0.1, 0.15) is 30.3 Å². The van der Waals surface area contributed by atoms with Crippen molar-refractivity contribution in [3.8, 4) is 0 Å². The zero-order valence-electron chi connectivity index (χ0n) is 11.7. The van der Waals surface area contributed by atoms with Crippen LogP contribution in [0.15, 0.2) is 30.6 Å².